The second-order valence-electron chi connectivity index (χ2n) is 4.24. The monoisotopic (exact) mass is 208 g/mol. The Morgan fingerprint density at radius 2 is 2.27 bits per heavy atom. The summed E-state index contributed by atoms with van der Waals surface area (Å²) in [6.07, 6.45) is 4.60. The van der Waals surface area contributed by atoms with Gasteiger partial charge in [-0.2, -0.15) is 5.10 Å². The SMILES string of the molecule is CCc1nc(C2CCCNCC2)nn1C. The van der Waals surface area contributed by atoms with Gasteiger partial charge in [0.15, 0.2) is 5.82 Å². The largest absolute Gasteiger partial charge is 0.317 e. The Labute approximate surface area is 91.1 Å². The quantitative estimate of drug-likeness (QED) is 0.795. The van der Waals surface area contributed by atoms with Gasteiger partial charge in [-0.15, -0.1) is 0 Å². The van der Waals surface area contributed by atoms with Crippen molar-refractivity contribution < 1.29 is 0 Å². The maximum atomic E-state index is 4.62. The molecule has 1 fully saturated rings. The number of nitrogens with zero attached hydrogens (tertiary/aromatic N) is 3. The van der Waals surface area contributed by atoms with Crippen molar-refractivity contribution in [3.8, 4) is 0 Å². The fourth-order valence-corrected chi connectivity index (χ4v) is 2.20. The highest BCUT2D eigenvalue weighted by Gasteiger charge is 2.19. The molecule has 0 radical (unpaired) electrons. The van der Waals surface area contributed by atoms with Crippen molar-refractivity contribution in [3.63, 3.8) is 0 Å². The van der Waals surface area contributed by atoms with Crippen LogP contribution in [-0.2, 0) is 13.5 Å². The minimum absolute atomic E-state index is 0.562. The highest BCUT2D eigenvalue weighted by atomic mass is 15.3. The summed E-state index contributed by atoms with van der Waals surface area (Å²) in [5.74, 6) is 2.71. The number of rotatable bonds is 2. The van der Waals surface area contributed by atoms with Crippen LogP contribution in [0.1, 0.15) is 43.8 Å². The third-order valence-electron chi connectivity index (χ3n) is 3.13. The maximum Gasteiger partial charge on any atom is 0.154 e. The highest BCUT2D eigenvalue weighted by molar-refractivity contribution is 5.00. The third kappa shape index (κ3) is 2.37. The molecule has 0 spiro atoms. The Kier molecular flexibility index (Phi) is 3.36. The molecule has 15 heavy (non-hydrogen) atoms. The molecule has 4 nitrogen and oxygen atoms in total. The average Bonchev–Trinajstić information content (AvgIpc) is 2.48. The molecular weight excluding hydrogens is 188 g/mol. The van der Waals surface area contributed by atoms with Gasteiger partial charge in [0, 0.05) is 19.4 Å². The standard InChI is InChI=1S/C11H20N4/c1-3-10-13-11(14-15(10)2)9-5-4-7-12-8-6-9/h9,12H,3-8H2,1-2H3. The summed E-state index contributed by atoms with van der Waals surface area (Å²) in [4.78, 5) is 4.62. The van der Waals surface area contributed by atoms with Gasteiger partial charge in [0.1, 0.15) is 5.82 Å². The van der Waals surface area contributed by atoms with E-state index in [0.29, 0.717) is 5.92 Å². The first-order valence-corrected chi connectivity index (χ1v) is 5.91. The maximum absolute atomic E-state index is 4.62. The zero-order valence-corrected chi connectivity index (χ0v) is 9.66. The van der Waals surface area contributed by atoms with Gasteiger partial charge < -0.3 is 5.32 Å². The number of hydrogen-bond donors (Lipinski definition) is 1. The molecule has 84 valence electrons. The molecule has 1 atom stereocenters. The van der Waals surface area contributed by atoms with Crippen molar-refractivity contribution in [1.29, 1.82) is 0 Å². The van der Waals surface area contributed by atoms with Gasteiger partial charge in [0.25, 0.3) is 0 Å². The Balaban J connectivity index is 2.12. The van der Waals surface area contributed by atoms with Crippen LogP contribution in [0.2, 0.25) is 0 Å². The van der Waals surface area contributed by atoms with Crippen LogP contribution >= 0.6 is 0 Å². The molecule has 1 N–H and O–H groups in total. The predicted octanol–water partition coefficient (Wildman–Crippen LogP) is 1.23. The Bertz CT molecular complexity index is 310. The molecule has 1 unspecified atom stereocenters. The van der Waals surface area contributed by atoms with Crippen LogP contribution in [-0.4, -0.2) is 27.9 Å². The molecule has 1 aliphatic heterocycles. The lowest BCUT2D eigenvalue weighted by Gasteiger charge is -2.07. The highest BCUT2D eigenvalue weighted by Crippen LogP contribution is 2.23. The van der Waals surface area contributed by atoms with Crippen molar-refractivity contribution in [1.82, 2.24) is 20.1 Å². The van der Waals surface area contributed by atoms with E-state index in [1.54, 1.807) is 0 Å². The first-order valence-electron chi connectivity index (χ1n) is 5.91. The molecule has 0 amide bonds. The summed E-state index contributed by atoms with van der Waals surface area (Å²) >= 11 is 0. The number of aromatic nitrogens is 3. The molecule has 1 aromatic heterocycles. The third-order valence-corrected chi connectivity index (χ3v) is 3.13. The van der Waals surface area contributed by atoms with E-state index in [-0.39, 0.29) is 0 Å². The normalized spacial score (nSPS) is 22.7. The first-order chi connectivity index (χ1) is 7.31. The second kappa shape index (κ2) is 4.75. The number of nitrogens with one attached hydrogen (secondary N) is 1. The van der Waals surface area contributed by atoms with Crippen LogP contribution in [0.15, 0.2) is 0 Å². The topological polar surface area (TPSA) is 42.7 Å². The smallest absolute Gasteiger partial charge is 0.154 e. The summed E-state index contributed by atoms with van der Waals surface area (Å²) in [5.41, 5.74) is 0. The Hall–Kier alpha value is -0.900. The summed E-state index contributed by atoms with van der Waals surface area (Å²) in [7, 11) is 1.99. The van der Waals surface area contributed by atoms with Crippen LogP contribution in [0.5, 0.6) is 0 Å². The predicted molar refractivity (Wildman–Crippen MR) is 59.8 cm³/mol. The van der Waals surface area contributed by atoms with Crippen molar-refractivity contribution in [3.05, 3.63) is 11.6 Å². The average molecular weight is 208 g/mol. The van der Waals surface area contributed by atoms with Gasteiger partial charge in [0.05, 0.1) is 0 Å². The molecule has 0 saturated carbocycles. The summed E-state index contributed by atoms with van der Waals surface area (Å²) in [6.45, 7) is 4.37. The van der Waals surface area contributed by atoms with Gasteiger partial charge in [-0.1, -0.05) is 6.92 Å². The molecule has 1 saturated heterocycles. The Morgan fingerprint density at radius 3 is 3.00 bits per heavy atom. The zero-order valence-electron chi connectivity index (χ0n) is 9.66. The van der Waals surface area contributed by atoms with Crippen molar-refractivity contribution in [2.75, 3.05) is 13.1 Å². The van der Waals surface area contributed by atoms with Gasteiger partial charge in [-0.3, -0.25) is 4.68 Å². The van der Waals surface area contributed by atoms with Crippen molar-refractivity contribution in [2.24, 2.45) is 7.05 Å². The Morgan fingerprint density at radius 1 is 1.40 bits per heavy atom. The lowest BCUT2D eigenvalue weighted by Crippen LogP contribution is -2.14. The van der Waals surface area contributed by atoms with E-state index in [9.17, 15) is 0 Å². The van der Waals surface area contributed by atoms with Crippen LogP contribution in [0.25, 0.3) is 0 Å². The van der Waals surface area contributed by atoms with E-state index in [1.807, 2.05) is 11.7 Å². The molecule has 2 heterocycles. The van der Waals surface area contributed by atoms with Gasteiger partial charge in [-0.05, 0) is 32.4 Å². The van der Waals surface area contributed by atoms with E-state index in [4.69, 9.17) is 0 Å². The van der Waals surface area contributed by atoms with Crippen LogP contribution < -0.4 is 5.32 Å². The lowest BCUT2D eigenvalue weighted by atomic mass is 10.0. The van der Waals surface area contributed by atoms with Crippen LogP contribution in [0, 0.1) is 0 Å². The van der Waals surface area contributed by atoms with E-state index in [0.717, 1.165) is 31.2 Å². The van der Waals surface area contributed by atoms with E-state index < -0.39 is 0 Å². The van der Waals surface area contributed by atoms with Crippen molar-refractivity contribution in [2.45, 2.75) is 38.5 Å². The minimum Gasteiger partial charge on any atom is -0.317 e. The molecular formula is C11H20N4. The second-order valence-corrected chi connectivity index (χ2v) is 4.24. The van der Waals surface area contributed by atoms with E-state index >= 15 is 0 Å². The van der Waals surface area contributed by atoms with E-state index in [2.05, 4.69) is 22.3 Å². The summed E-state index contributed by atoms with van der Waals surface area (Å²) in [6, 6.07) is 0. The fraction of sp³-hybridized carbons (Fsp3) is 0.818. The van der Waals surface area contributed by atoms with Gasteiger partial charge >= 0.3 is 0 Å². The zero-order chi connectivity index (χ0) is 10.7. The molecule has 0 bridgehead atoms. The van der Waals surface area contributed by atoms with Crippen LogP contribution in [0.4, 0.5) is 0 Å². The molecule has 0 aromatic carbocycles. The minimum atomic E-state index is 0.562. The fourth-order valence-electron chi connectivity index (χ4n) is 2.20. The molecule has 1 aromatic rings. The van der Waals surface area contributed by atoms with Crippen LogP contribution in [0.3, 0.4) is 0 Å². The van der Waals surface area contributed by atoms with Gasteiger partial charge in [-0.25, -0.2) is 4.98 Å². The molecule has 1 aliphatic rings. The van der Waals surface area contributed by atoms with Gasteiger partial charge in [0.2, 0.25) is 0 Å². The summed E-state index contributed by atoms with van der Waals surface area (Å²) in [5, 5.41) is 7.94. The van der Waals surface area contributed by atoms with E-state index in [1.165, 1.54) is 19.3 Å². The molecule has 2 rings (SSSR count). The summed E-state index contributed by atoms with van der Waals surface area (Å²) < 4.78 is 1.92. The number of hydrogen-bond acceptors (Lipinski definition) is 3. The molecule has 0 aliphatic carbocycles. The van der Waals surface area contributed by atoms with Crippen molar-refractivity contribution >= 4 is 0 Å². The lowest BCUT2D eigenvalue weighted by molar-refractivity contribution is 0.568. The number of aryl methyl sites for hydroxylation is 2. The molecule has 4 heteroatoms. The first kappa shape index (κ1) is 10.6.